The molecule has 5 rings (SSSR count). The minimum atomic E-state index is -0.600. The molecule has 2 aliphatic rings. The number of benzene rings is 2. The molecule has 0 atom stereocenters. The lowest BCUT2D eigenvalue weighted by atomic mass is 9.92. The summed E-state index contributed by atoms with van der Waals surface area (Å²) in [4.78, 5) is 28.7. The third kappa shape index (κ3) is 3.21. The summed E-state index contributed by atoms with van der Waals surface area (Å²) in [5.41, 5.74) is 8.42. The van der Waals surface area contributed by atoms with Crippen LogP contribution in [-0.2, 0) is 15.6 Å². The Morgan fingerprint density at radius 2 is 1.84 bits per heavy atom. The summed E-state index contributed by atoms with van der Waals surface area (Å²) in [6.45, 7) is 6.47. The summed E-state index contributed by atoms with van der Waals surface area (Å²) in [6.07, 6.45) is 1.50. The van der Waals surface area contributed by atoms with Crippen LogP contribution in [0.25, 0.3) is 10.9 Å². The van der Waals surface area contributed by atoms with Crippen LogP contribution in [-0.4, -0.2) is 23.6 Å². The molecule has 162 valence electrons. The van der Waals surface area contributed by atoms with E-state index in [1.165, 1.54) is 0 Å². The molecule has 2 aromatic carbocycles. The van der Waals surface area contributed by atoms with Gasteiger partial charge in [-0.25, -0.2) is 0 Å². The predicted octanol–water partition coefficient (Wildman–Crippen LogP) is 4.21. The SMILES string of the molecule is CC(C)(C)c1cc2cc(NC(=O)C3(c4ccc5c(c4)OCO5)CC3)cc(C(N)=O)c2[nH]1.[HH]. The molecule has 1 aromatic heterocycles. The number of hydrogen-bond donors (Lipinski definition) is 3. The lowest BCUT2D eigenvalue weighted by Crippen LogP contribution is -2.28. The summed E-state index contributed by atoms with van der Waals surface area (Å²) < 4.78 is 10.8. The van der Waals surface area contributed by atoms with E-state index in [4.69, 9.17) is 15.2 Å². The van der Waals surface area contributed by atoms with Crippen LogP contribution in [0.4, 0.5) is 5.69 Å². The van der Waals surface area contributed by atoms with Crippen molar-refractivity contribution in [2.45, 2.75) is 44.4 Å². The molecule has 7 nitrogen and oxygen atoms in total. The van der Waals surface area contributed by atoms with Gasteiger partial charge in [0.05, 0.1) is 16.5 Å². The maximum absolute atomic E-state index is 13.3. The number of aromatic amines is 1. The lowest BCUT2D eigenvalue weighted by molar-refractivity contribution is -0.118. The summed E-state index contributed by atoms with van der Waals surface area (Å²) in [5.74, 6) is 0.711. The first kappa shape index (κ1) is 19.5. The van der Waals surface area contributed by atoms with Crippen LogP contribution in [0.3, 0.4) is 0 Å². The molecule has 4 N–H and O–H groups in total. The molecule has 1 fully saturated rings. The van der Waals surface area contributed by atoms with Crippen molar-refractivity contribution in [1.82, 2.24) is 4.98 Å². The zero-order chi connectivity index (χ0) is 22.0. The number of nitrogens with one attached hydrogen (secondary N) is 2. The lowest BCUT2D eigenvalue weighted by Gasteiger charge is -2.17. The maximum atomic E-state index is 13.3. The molecule has 2 heterocycles. The van der Waals surface area contributed by atoms with Gasteiger partial charge in [0, 0.05) is 23.6 Å². The number of hydrogen-bond acceptors (Lipinski definition) is 4. The highest BCUT2D eigenvalue weighted by molar-refractivity contribution is 6.09. The van der Waals surface area contributed by atoms with E-state index in [1.54, 1.807) is 6.07 Å². The Bertz CT molecular complexity index is 1240. The van der Waals surface area contributed by atoms with Gasteiger partial charge >= 0.3 is 0 Å². The number of aromatic nitrogens is 1. The van der Waals surface area contributed by atoms with E-state index in [9.17, 15) is 9.59 Å². The molecule has 1 aliphatic carbocycles. The average Bonchev–Trinajstić information content (AvgIpc) is 3.17. The topological polar surface area (TPSA) is 106 Å². The minimum absolute atomic E-state index is 0. The number of ether oxygens (including phenoxy) is 2. The molecule has 31 heavy (non-hydrogen) atoms. The number of primary amides is 1. The van der Waals surface area contributed by atoms with Gasteiger partial charge in [0.2, 0.25) is 12.7 Å². The van der Waals surface area contributed by atoms with Crippen LogP contribution in [0, 0.1) is 0 Å². The predicted molar refractivity (Wildman–Crippen MR) is 120 cm³/mol. The molecule has 0 saturated heterocycles. The van der Waals surface area contributed by atoms with Crippen molar-refractivity contribution in [2.24, 2.45) is 5.73 Å². The zero-order valence-electron chi connectivity index (χ0n) is 17.8. The van der Waals surface area contributed by atoms with Crippen molar-refractivity contribution in [1.29, 1.82) is 0 Å². The van der Waals surface area contributed by atoms with Crippen molar-refractivity contribution < 1.29 is 20.5 Å². The van der Waals surface area contributed by atoms with Gasteiger partial charge < -0.3 is 25.5 Å². The largest absolute Gasteiger partial charge is 0.454 e. The number of rotatable bonds is 4. The number of H-pyrrole nitrogens is 1. The Hall–Kier alpha value is -3.48. The quantitative estimate of drug-likeness (QED) is 0.587. The van der Waals surface area contributed by atoms with E-state index in [2.05, 4.69) is 31.1 Å². The minimum Gasteiger partial charge on any atom is -0.454 e. The molecule has 0 radical (unpaired) electrons. The van der Waals surface area contributed by atoms with E-state index in [-0.39, 0.29) is 19.5 Å². The van der Waals surface area contributed by atoms with Crippen LogP contribution in [0.2, 0.25) is 0 Å². The molecular weight excluding hydrogens is 394 g/mol. The molecule has 1 saturated carbocycles. The Morgan fingerprint density at radius 3 is 2.52 bits per heavy atom. The fraction of sp³-hybridized carbons (Fsp3) is 0.333. The van der Waals surface area contributed by atoms with Crippen molar-refractivity contribution in [3.63, 3.8) is 0 Å². The normalized spacial score (nSPS) is 16.4. The van der Waals surface area contributed by atoms with Gasteiger partial charge in [-0.1, -0.05) is 26.8 Å². The molecule has 0 unspecified atom stereocenters. The standard InChI is InChI=1S/C24H25N3O4.H2/c1-23(2,3)19-9-13-8-15(11-16(21(25)28)20(13)27-19)26-22(29)24(6-7-24)14-4-5-17-18(10-14)31-12-30-17;/h4-5,8-11,27H,6-7,12H2,1-3H3,(H2,25,28)(H,26,29);1H. The van der Waals surface area contributed by atoms with Gasteiger partial charge in [0.25, 0.3) is 5.91 Å². The third-order valence-electron chi connectivity index (χ3n) is 6.17. The van der Waals surface area contributed by atoms with Gasteiger partial charge in [-0.05, 0) is 48.7 Å². The highest BCUT2D eigenvalue weighted by Gasteiger charge is 2.51. The van der Waals surface area contributed by atoms with Gasteiger partial charge in [0.15, 0.2) is 11.5 Å². The van der Waals surface area contributed by atoms with Gasteiger partial charge in [-0.2, -0.15) is 0 Å². The molecule has 7 heteroatoms. The van der Waals surface area contributed by atoms with Crippen LogP contribution in [0.1, 0.15) is 56.7 Å². The van der Waals surface area contributed by atoms with E-state index >= 15 is 0 Å². The average molecular weight is 421 g/mol. The smallest absolute Gasteiger partial charge is 0.250 e. The number of fused-ring (bicyclic) bond motifs is 2. The van der Waals surface area contributed by atoms with Crippen molar-refractivity contribution in [3.05, 3.63) is 53.2 Å². The van der Waals surface area contributed by atoms with E-state index < -0.39 is 11.3 Å². The van der Waals surface area contributed by atoms with Crippen molar-refractivity contribution >= 4 is 28.4 Å². The highest BCUT2D eigenvalue weighted by atomic mass is 16.7. The summed E-state index contributed by atoms with van der Waals surface area (Å²) in [5, 5.41) is 3.85. The molecule has 0 bridgehead atoms. The fourth-order valence-electron chi connectivity index (χ4n) is 4.13. The van der Waals surface area contributed by atoms with E-state index in [0.29, 0.717) is 28.3 Å². The summed E-state index contributed by atoms with van der Waals surface area (Å²) in [6, 6.07) is 11.2. The number of anilines is 1. The van der Waals surface area contributed by atoms with Crippen LogP contribution >= 0.6 is 0 Å². The molecule has 3 aromatic rings. The first-order valence-electron chi connectivity index (χ1n) is 10.4. The number of carbonyl (C=O) groups is 2. The molecular formula is C24H27N3O4. The van der Waals surface area contributed by atoms with Crippen LogP contribution in [0.5, 0.6) is 11.5 Å². The Kier molecular flexibility index (Phi) is 4.09. The third-order valence-corrected chi connectivity index (χ3v) is 6.17. The second-order valence-corrected chi connectivity index (χ2v) is 9.39. The van der Waals surface area contributed by atoms with Crippen LogP contribution in [0.15, 0.2) is 36.4 Å². The zero-order valence-corrected chi connectivity index (χ0v) is 17.8. The maximum Gasteiger partial charge on any atom is 0.250 e. The molecule has 0 spiro atoms. The van der Waals surface area contributed by atoms with Crippen LogP contribution < -0.4 is 20.5 Å². The second kappa shape index (κ2) is 6.51. The van der Waals surface area contributed by atoms with Gasteiger partial charge in [-0.15, -0.1) is 0 Å². The first-order valence-corrected chi connectivity index (χ1v) is 10.4. The fourth-order valence-corrected chi connectivity index (χ4v) is 4.13. The Labute approximate surface area is 181 Å². The highest BCUT2D eigenvalue weighted by Crippen LogP contribution is 2.51. The van der Waals surface area contributed by atoms with Gasteiger partial charge in [-0.3, -0.25) is 9.59 Å². The van der Waals surface area contributed by atoms with E-state index in [1.807, 2.05) is 30.3 Å². The second-order valence-electron chi connectivity index (χ2n) is 9.39. The Balaban J connectivity index is 0.00000245. The summed E-state index contributed by atoms with van der Waals surface area (Å²) >= 11 is 0. The van der Waals surface area contributed by atoms with Gasteiger partial charge in [0.1, 0.15) is 0 Å². The molecule has 2 amide bonds. The Morgan fingerprint density at radius 1 is 1.10 bits per heavy atom. The number of carbonyl (C=O) groups excluding carboxylic acids is 2. The summed E-state index contributed by atoms with van der Waals surface area (Å²) in [7, 11) is 0. The molecule has 1 aliphatic heterocycles. The van der Waals surface area contributed by atoms with Crippen molar-refractivity contribution in [3.8, 4) is 11.5 Å². The number of nitrogens with two attached hydrogens (primary N) is 1. The van der Waals surface area contributed by atoms with Crippen molar-refractivity contribution in [2.75, 3.05) is 12.1 Å². The van der Waals surface area contributed by atoms with E-state index in [0.717, 1.165) is 29.5 Å². The number of amides is 2. The first-order chi connectivity index (χ1) is 14.7. The monoisotopic (exact) mass is 421 g/mol.